The minimum Gasteiger partial charge on any atom is -0.491 e. The first kappa shape index (κ1) is 13.6. The molecule has 0 radical (unpaired) electrons. The molecule has 1 aliphatic heterocycles. The third kappa shape index (κ3) is 2.88. The van der Waals surface area contributed by atoms with Crippen molar-refractivity contribution in [3.63, 3.8) is 0 Å². The Bertz CT molecular complexity index is 612. The summed E-state index contributed by atoms with van der Waals surface area (Å²) in [5.74, 6) is 1.36. The van der Waals surface area contributed by atoms with Gasteiger partial charge in [0.25, 0.3) is 0 Å². The second kappa shape index (κ2) is 5.97. The van der Waals surface area contributed by atoms with Crippen molar-refractivity contribution in [3.05, 3.63) is 28.9 Å². The van der Waals surface area contributed by atoms with Gasteiger partial charge in [-0.15, -0.1) is 0 Å². The van der Waals surface area contributed by atoms with Gasteiger partial charge in [0, 0.05) is 35.0 Å². The van der Waals surface area contributed by atoms with Crippen LogP contribution in [0.2, 0.25) is 0 Å². The number of hydrogen-bond donors (Lipinski definition) is 1. The van der Waals surface area contributed by atoms with E-state index in [-0.39, 0.29) is 0 Å². The summed E-state index contributed by atoms with van der Waals surface area (Å²) in [6, 6.07) is 5.74. The van der Waals surface area contributed by atoms with Crippen LogP contribution >= 0.6 is 15.9 Å². The molecular formula is C15H17BrN2O2. The molecular weight excluding hydrogens is 320 g/mol. The highest BCUT2D eigenvalue weighted by atomic mass is 79.9. The maximum atomic E-state index is 6.00. The van der Waals surface area contributed by atoms with Gasteiger partial charge in [-0.3, -0.25) is 4.98 Å². The van der Waals surface area contributed by atoms with Crippen molar-refractivity contribution in [1.82, 2.24) is 4.98 Å². The molecule has 0 aliphatic carbocycles. The van der Waals surface area contributed by atoms with E-state index in [0.29, 0.717) is 18.2 Å². The Morgan fingerprint density at radius 3 is 2.95 bits per heavy atom. The molecule has 5 heteroatoms. The number of pyridine rings is 1. The van der Waals surface area contributed by atoms with E-state index < -0.39 is 0 Å². The molecule has 0 bridgehead atoms. The van der Waals surface area contributed by atoms with Crippen molar-refractivity contribution in [2.45, 2.75) is 12.8 Å². The van der Waals surface area contributed by atoms with Crippen molar-refractivity contribution in [2.24, 2.45) is 5.92 Å². The van der Waals surface area contributed by atoms with E-state index in [1.54, 1.807) is 6.20 Å². The summed E-state index contributed by atoms with van der Waals surface area (Å²) in [5, 5.41) is 0.920. The third-order valence-electron chi connectivity index (χ3n) is 3.63. The van der Waals surface area contributed by atoms with E-state index in [1.165, 1.54) is 0 Å². The van der Waals surface area contributed by atoms with Crippen LogP contribution in [-0.4, -0.2) is 24.8 Å². The van der Waals surface area contributed by atoms with Gasteiger partial charge in [-0.2, -0.15) is 0 Å². The Morgan fingerprint density at radius 1 is 1.35 bits per heavy atom. The van der Waals surface area contributed by atoms with Gasteiger partial charge in [0.1, 0.15) is 11.3 Å². The van der Waals surface area contributed by atoms with Crippen LogP contribution in [0, 0.1) is 5.92 Å². The first-order valence-electron chi connectivity index (χ1n) is 6.78. The van der Waals surface area contributed by atoms with Crippen LogP contribution in [0.3, 0.4) is 0 Å². The molecule has 0 amide bonds. The van der Waals surface area contributed by atoms with Gasteiger partial charge >= 0.3 is 0 Å². The molecule has 1 aromatic heterocycles. The fourth-order valence-electron chi connectivity index (χ4n) is 2.43. The number of fused-ring (bicyclic) bond motifs is 1. The van der Waals surface area contributed by atoms with Gasteiger partial charge in [-0.25, -0.2) is 0 Å². The zero-order valence-corrected chi connectivity index (χ0v) is 12.7. The first-order chi connectivity index (χ1) is 9.74. The van der Waals surface area contributed by atoms with E-state index in [9.17, 15) is 0 Å². The number of anilines is 1. The van der Waals surface area contributed by atoms with E-state index in [1.807, 2.05) is 18.2 Å². The van der Waals surface area contributed by atoms with Crippen molar-refractivity contribution >= 4 is 32.5 Å². The SMILES string of the molecule is Nc1ccc(OCC2CCOCC2)c2ncc(Br)cc12. The monoisotopic (exact) mass is 336 g/mol. The summed E-state index contributed by atoms with van der Waals surface area (Å²) in [7, 11) is 0. The van der Waals surface area contributed by atoms with Crippen LogP contribution in [0.25, 0.3) is 10.9 Å². The molecule has 20 heavy (non-hydrogen) atoms. The third-order valence-corrected chi connectivity index (χ3v) is 4.06. The molecule has 0 unspecified atom stereocenters. The second-order valence-electron chi connectivity index (χ2n) is 5.07. The highest BCUT2D eigenvalue weighted by Crippen LogP contribution is 2.31. The summed E-state index contributed by atoms with van der Waals surface area (Å²) in [6.45, 7) is 2.38. The highest BCUT2D eigenvalue weighted by molar-refractivity contribution is 9.10. The van der Waals surface area contributed by atoms with Crippen molar-refractivity contribution in [3.8, 4) is 5.75 Å². The number of halogens is 1. The summed E-state index contributed by atoms with van der Waals surface area (Å²) >= 11 is 3.42. The fourth-order valence-corrected chi connectivity index (χ4v) is 2.76. The standard InChI is InChI=1S/C15H17BrN2O2/c16-11-7-12-13(17)1-2-14(15(12)18-8-11)20-9-10-3-5-19-6-4-10/h1-2,7-8,10H,3-6,9,17H2. The number of aromatic nitrogens is 1. The van der Waals surface area contributed by atoms with E-state index >= 15 is 0 Å². The highest BCUT2D eigenvalue weighted by Gasteiger charge is 2.15. The first-order valence-corrected chi connectivity index (χ1v) is 7.57. The van der Waals surface area contributed by atoms with Crippen LogP contribution in [0.15, 0.2) is 28.9 Å². The minimum absolute atomic E-state index is 0.562. The summed E-state index contributed by atoms with van der Waals surface area (Å²) < 4.78 is 12.2. The number of ether oxygens (including phenoxy) is 2. The number of benzene rings is 1. The van der Waals surface area contributed by atoms with E-state index in [0.717, 1.165) is 47.2 Å². The van der Waals surface area contributed by atoms with Crippen molar-refractivity contribution in [1.29, 1.82) is 0 Å². The molecule has 0 spiro atoms. The van der Waals surface area contributed by atoms with Crippen LogP contribution in [-0.2, 0) is 4.74 Å². The predicted molar refractivity (Wildman–Crippen MR) is 82.9 cm³/mol. The maximum Gasteiger partial charge on any atom is 0.145 e. The number of rotatable bonds is 3. The van der Waals surface area contributed by atoms with Crippen LogP contribution in [0.1, 0.15) is 12.8 Å². The Labute approximate surface area is 126 Å². The van der Waals surface area contributed by atoms with Crippen LogP contribution in [0.5, 0.6) is 5.75 Å². The average Bonchev–Trinajstić information content (AvgIpc) is 2.48. The largest absolute Gasteiger partial charge is 0.491 e. The predicted octanol–water partition coefficient (Wildman–Crippen LogP) is 3.38. The molecule has 1 fully saturated rings. The summed E-state index contributed by atoms with van der Waals surface area (Å²) in [5.41, 5.74) is 7.53. The fraction of sp³-hybridized carbons (Fsp3) is 0.400. The van der Waals surface area contributed by atoms with Crippen molar-refractivity contribution in [2.75, 3.05) is 25.6 Å². The van der Waals surface area contributed by atoms with Gasteiger partial charge in [-0.05, 0) is 52.9 Å². The van der Waals surface area contributed by atoms with Gasteiger partial charge in [0.05, 0.1) is 6.61 Å². The lowest BCUT2D eigenvalue weighted by molar-refractivity contribution is 0.0499. The number of hydrogen-bond acceptors (Lipinski definition) is 4. The van der Waals surface area contributed by atoms with E-state index in [4.69, 9.17) is 15.2 Å². The lowest BCUT2D eigenvalue weighted by Gasteiger charge is -2.22. The summed E-state index contributed by atoms with van der Waals surface area (Å²) in [4.78, 5) is 4.43. The lowest BCUT2D eigenvalue weighted by Crippen LogP contribution is -2.21. The maximum absolute atomic E-state index is 6.00. The molecule has 2 N–H and O–H groups in total. The van der Waals surface area contributed by atoms with Crippen LogP contribution in [0.4, 0.5) is 5.69 Å². The average molecular weight is 337 g/mol. The lowest BCUT2D eigenvalue weighted by atomic mass is 10.0. The molecule has 1 aliphatic rings. The Morgan fingerprint density at radius 2 is 2.15 bits per heavy atom. The molecule has 2 aromatic rings. The molecule has 1 saturated heterocycles. The van der Waals surface area contributed by atoms with Crippen LogP contribution < -0.4 is 10.5 Å². The quantitative estimate of drug-likeness (QED) is 0.873. The van der Waals surface area contributed by atoms with Gasteiger partial charge < -0.3 is 15.2 Å². The van der Waals surface area contributed by atoms with E-state index in [2.05, 4.69) is 20.9 Å². The zero-order valence-electron chi connectivity index (χ0n) is 11.1. The topological polar surface area (TPSA) is 57.4 Å². The molecule has 106 valence electrons. The molecule has 0 atom stereocenters. The Balaban J connectivity index is 1.82. The normalized spacial score (nSPS) is 16.4. The van der Waals surface area contributed by atoms with Crippen molar-refractivity contribution < 1.29 is 9.47 Å². The Kier molecular flexibility index (Phi) is 4.08. The molecule has 4 nitrogen and oxygen atoms in total. The summed E-state index contributed by atoms with van der Waals surface area (Å²) in [6.07, 6.45) is 3.89. The second-order valence-corrected chi connectivity index (χ2v) is 5.99. The number of nitrogens with zero attached hydrogens (tertiary/aromatic N) is 1. The van der Waals surface area contributed by atoms with Gasteiger partial charge in [-0.1, -0.05) is 0 Å². The molecule has 1 aromatic carbocycles. The molecule has 2 heterocycles. The number of nitrogens with two attached hydrogens (primary N) is 1. The number of nitrogen functional groups attached to an aromatic ring is 1. The minimum atomic E-state index is 0.562. The zero-order chi connectivity index (χ0) is 13.9. The molecule has 3 rings (SSSR count). The smallest absolute Gasteiger partial charge is 0.145 e. The molecule has 0 saturated carbocycles. The van der Waals surface area contributed by atoms with Gasteiger partial charge in [0.15, 0.2) is 0 Å². The Hall–Kier alpha value is -1.33. The van der Waals surface area contributed by atoms with Gasteiger partial charge in [0.2, 0.25) is 0 Å².